The van der Waals surface area contributed by atoms with Crippen molar-refractivity contribution >= 4 is 11.6 Å². The Morgan fingerprint density at radius 3 is 2.47 bits per heavy atom. The van der Waals surface area contributed by atoms with E-state index in [0.717, 1.165) is 11.6 Å². The van der Waals surface area contributed by atoms with E-state index in [-0.39, 0.29) is 0 Å². The van der Waals surface area contributed by atoms with Crippen LogP contribution in [0.1, 0.15) is 32.4 Å². The topological polar surface area (TPSA) is 12.0 Å². The molecule has 0 amide bonds. The molecule has 1 N–H and O–H groups in total. The van der Waals surface area contributed by atoms with Crippen LogP contribution in [0.2, 0.25) is 5.02 Å². The van der Waals surface area contributed by atoms with Crippen molar-refractivity contribution in [1.29, 1.82) is 0 Å². The molecule has 1 atom stereocenters. The van der Waals surface area contributed by atoms with E-state index in [4.69, 9.17) is 11.6 Å². The number of halogens is 1. The summed E-state index contributed by atoms with van der Waals surface area (Å²) in [7, 11) is 0. The highest BCUT2D eigenvalue weighted by atomic mass is 35.5. The van der Waals surface area contributed by atoms with Crippen molar-refractivity contribution < 1.29 is 0 Å². The first-order valence-electron chi connectivity index (χ1n) is 5.22. The smallest absolute Gasteiger partial charge is 0.0406 e. The lowest BCUT2D eigenvalue weighted by molar-refractivity contribution is 0.616. The molecule has 0 saturated heterocycles. The number of hydrogen-bond acceptors (Lipinski definition) is 1. The molecule has 1 aromatic rings. The molecule has 0 unspecified atom stereocenters. The summed E-state index contributed by atoms with van der Waals surface area (Å²) in [5, 5.41) is 4.22. The van der Waals surface area contributed by atoms with Gasteiger partial charge in [-0.25, -0.2) is 0 Å². The molecule has 0 fully saturated rings. The van der Waals surface area contributed by atoms with Crippen molar-refractivity contribution in [3.05, 3.63) is 46.5 Å². The molecule has 0 bridgehead atoms. The molecule has 15 heavy (non-hydrogen) atoms. The normalized spacial score (nSPS) is 12.3. The monoisotopic (exact) mass is 223 g/mol. The number of allylic oxidation sites excluding steroid dienone is 1. The molecule has 82 valence electrons. The van der Waals surface area contributed by atoms with Crippen LogP contribution in [-0.2, 0) is 0 Å². The first-order valence-corrected chi connectivity index (χ1v) is 5.59. The molecule has 1 aromatic carbocycles. The number of nitrogens with one attached hydrogen (secondary N) is 1. The summed E-state index contributed by atoms with van der Waals surface area (Å²) in [5.74, 6) is 0. The van der Waals surface area contributed by atoms with Crippen LogP contribution >= 0.6 is 11.6 Å². The third-order valence-electron chi connectivity index (χ3n) is 2.30. The van der Waals surface area contributed by atoms with Crippen molar-refractivity contribution in [3.8, 4) is 0 Å². The quantitative estimate of drug-likeness (QED) is 0.762. The summed E-state index contributed by atoms with van der Waals surface area (Å²) < 4.78 is 0. The van der Waals surface area contributed by atoms with Crippen molar-refractivity contribution in [1.82, 2.24) is 5.32 Å². The third kappa shape index (κ3) is 4.50. The Kier molecular flexibility index (Phi) is 4.86. The fourth-order valence-corrected chi connectivity index (χ4v) is 1.44. The first kappa shape index (κ1) is 12.3. The molecule has 1 nitrogen and oxygen atoms in total. The lowest BCUT2D eigenvalue weighted by atomic mass is 10.1. The molecule has 0 heterocycles. The highest BCUT2D eigenvalue weighted by molar-refractivity contribution is 6.30. The Hall–Kier alpha value is -0.790. The van der Waals surface area contributed by atoms with Crippen molar-refractivity contribution in [2.75, 3.05) is 6.54 Å². The van der Waals surface area contributed by atoms with E-state index in [1.54, 1.807) is 0 Å². The molecule has 0 aromatic heterocycles. The van der Waals surface area contributed by atoms with Gasteiger partial charge in [-0.15, -0.1) is 0 Å². The molecule has 0 radical (unpaired) electrons. The van der Waals surface area contributed by atoms with Crippen LogP contribution in [-0.4, -0.2) is 6.54 Å². The first-order chi connectivity index (χ1) is 7.09. The predicted octanol–water partition coefficient (Wildman–Crippen LogP) is 3.96. The van der Waals surface area contributed by atoms with Gasteiger partial charge in [-0.1, -0.05) is 35.4 Å². The van der Waals surface area contributed by atoms with Crippen LogP contribution in [0.25, 0.3) is 0 Å². The summed E-state index contributed by atoms with van der Waals surface area (Å²) in [6.07, 6.45) is 2.19. The number of rotatable bonds is 4. The van der Waals surface area contributed by atoms with Gasteiger partial charge in [0.25, 0.3) is 0 Å². The fraction of sp³-hybridized carbons (Fsp3) is 0.385. The Morgan fingerprint density at radius 2 is 1.93 bits per heavy atom. The van der Waals surface area contributed by atoms with Crippen LogP contribution in [0.5, 0.6) is 0 Å². The summed E-state index contributed by atoms with van der Waals surface area (Å²) in [6, 6.07) is 8.33. The van der Waals surface area contributed by atoms with E-state index in [9.17, 15) is 0 Å². The predicted molar refractivity (Wildman–Crippen MR) is 67.3 cm³/mol. The molecule has 2 heteroatoms. The highest BCUT2D eigenvalue weighted by Crippen LogP contribution is 2.15. The molecule has 0 aliphatic heterocycles. The molecule has 0 saturated carbocycles. The Morgan fingerprint density at radius 1 is 1.33 bits per heavy atom. The Labute approximate surface area is 97.1 Å². The summed E-state index contributed by atoms with van der Waals surface area (Å²) in [6.45, 7) is 7.28. The Balaban J connectivity index is 2.50. The van der Waals surface area contributed by atoms with Gasteiger partial charge in [0.15, 0.2) is 0 Å². The molecule has 0 spiro atoms. The molecule has 0 aliphatic rings. The van der Waals surface area contributed by atoms with Crippen molar-refractivity contribution in [2.45, 2.75) is 26.8 Å². The zero-order valence-corrected chi connectivity index (χ0v) is 10.3. The maximum absolute atomic E-state index is 5.83. The standard InChI is InChI=1S/C13H18ClN/c1-10(2)8-9-15-11(3)12-4-6-13(14)7-5-12/h4-8,11,15H,9H2,1-3H3/t11-/m1/s1. The van der Waals surface area contributed by atoms with Crippen LogP contribution in [0.15, 0.2) is 35.9 Å². The van der Waals surface area contributed by atoms with E-state index < -0.39 is 0 Å². The van der Waals surface area contributed by atoms with Crippen LogP contribution in [0.3, 0.4) is 0 Å². The number of benzene rings is 1. The highest BCUT2D eigenvalue weighted by Gasteiger charge is 2.02. The van der Waals surface area contributed by atoms with E-state index in [1.807, 2.05) is 12.1 Å². The minimum absolute atomic E-state index is 0.359. The van der Waals surface area contributed by atoms with Gasteiger partial charge in [-0.05, 0) is 38.5 Å². The maximum Gasteiger partial charge on any atom is 0.0406 e. The average Bonchev–Trinajstić information content (AvgIpc) is 2.18. The van der Waals surface area contributed by atoms with Crippen molar-refractivity contribution in [2.24, 2.45) is 0 Å². The second kappa shape index (κ2) is 5.94. The minimum Gasteiger partial charge on any atom is -0.307 e. The zero-order valence-electron chi connectivity index (χ0n) is 9.55. The Bertz CT molecular complexity index is 323. The summed E-state index contributed by atoms with van der Waals surface area (Å²) in [4.78, 5) is 0. The largest absolute Gasteiger partial charge is 0.307 e. The lowest BCUT2D eigenvalue weighted by Gasteiger charge is -2.12. The second-order valence-corrected chi connectivity index (χ2v) is 4.40. The van der Waals surface area contributed by atoms with Gasteiger partial charge in [0.1, 0.15) is 0 Å². The third-order valence-corrected chi connectivity index (χ3v) is 2.56. The van der Waals surface area contributed by atoms with Gasteiger partial charge < -0.3 is 5.32 Å². The van der Waals surface area contributed by atoms with Crippen LogP contribution in [0.4, 0.5) is 0 Å². The molecular weight excluding hydrogens is 206 g/mol. The van der Waals surface area contributed by atoms with Gasteiger partial charge in [0, 0.05) is 17.6 Å². The fourth-order valence-electron chi connectivity index (χ4n) is 1.31. The van der Waals surface area contributed by atoms with Crippen LogP contribution in [0, 0.1) is 0 Å². The van der Waals surface area contributed by atoms with Gasteiger partial charge >= 0.3 is 0 Å². The number of hydrogen-bond donors (Lipinski definition) is 1. The molecule has 0 aliphatic carbocycles. The second-order valence-electron chi connectivity index (χ2n) is 3.96. The van der Waals surface area contributed by atoms with E-state index in [2.05, 4.69) is 44.3 Å². The minimum atomic E-state index is 0.359. The van der Waals surface area contributed by atoms with Gasteiger partial charge in [-0.3, -0.25) is 0 Å². The van der Waals surface area contributed by atoms with Gasteiger partial charge in [-0.2, -0.15) is 0 Å². The van der Waals surface area contributed by atoms with E-state index in [0.29, 0.717) is 6.04 Å². The van der Waals surface area contributed by atoms with Gasteiger partial charge in [0.2, 0.25) is 0 Å². The molecular formula is C13H18ClN. The van der Waals surface area contributed by atoms with Crippen molar-refractivity contribution in [3.63, 3.8) is 0 Å². The van der Waals surface area contributed by atoms with E-state index >= 15 is 0 Å². The maximum atomic E-state index is 5.83. The summed E-state index contributed by atoms with van der Waals surface area (Å²) in [5.41, 5.74) is 2.60. The van der Waals surface area contributed by atoms with Crippen LogP contribution < -0.4 is 5.32 Å². The molecule has 1 rings (SSSR count). The zero-order chi connectivity index (χ0) is 11.3. The lowest BCUT2D eigenvalue weighted by Crippen LogP contribution is -2.18. The van der Waals surface area contributed by atoms with Gasteiger partial charge in [0.05, 0.1) is 0 Å². The summed E-state index contributed by atoms with van der Waals surface area (Å²) >= 11 is 5.83. The SMILES string of the molecule is CC(C)=CCN[C@H](C)c1ccc(Cl)cc1. The van der Waals surface area contributed by atoms with E-state index in [1.165, 1.54) is 11.1 Å². The average molecular weight is 224 g/mol.